The van der Waals surface area contributed by atoms with Gasteiger partial charge in [0.15, 0.2) is 0 Å². The molecule has 2 aliphatic heterocycles. The Morgan fingerprint density at radius 1 is 1.06 bits per heavy atom. The van der Waals surface area contributed by atoms with Crippen molar-refractivity contribution >= 4 is 44.8 Å². The number of nitrogens with zero attached hydrogens (tertiary/aromatic N) is 2. The van der Waals surface area contributed by atoms with Crippen LogP contribution in [0.5, 0.6) is 5.75 Å². The second-order valence-corrected chi connectivity index (χ2v) is 9.16. The monoisotopic (exact) mass is 454 g/mol. The zero-order valence-corrected chi connectivity index (χ0v) is 19.2. The number of para-hydroxylation sites is 1. The number of fused-ring (bicyclic) bond motifs is 4. The van der Waals surface area contributed by atoms with Crippen LogP contribution in [0.2, 0.25) is 0 Å². The van der Waals surface area contributed by atoms with Crippen molar-refractivity contribution in [1.29, 1.82) is 0 Å². The summed E-state index contributed by atoms with van der Waals surface area (Å²) in [5.74, 6) is 0.324. The van der Waals surface area contributed by atoms with Crippen LogP contribution in [-0.2, 0) is 29.6 Å². The molecular formula is C27H26N4O3. The molecule has 0 fully saturated rings. The molecule has 1 atom stereocenters. The number of ether oxygens (including phenoxy) is 1. The normalized spacial score (nSPS) is 18.1. The Kier molecular flexibility index (Phi) is 4.64. The van der Waals surface area contributed by atoms with E-state index in [-0.39, 0.29) is 11.8 Å². The molecule has 2 amide bonds. The van der Waals surface area contributed by atoms with Crippen LogP contribution in [0.3, 0.4) is 0 Å². The van der Waals surface area contributed by atoms with Crippen molar-refractivity contribution in [3.05, 3.63) is 65.5 Å². The highest BCUT2D eigenvalue weighted by molar-refractivity contribution is 6.51. The third kappa shape index (κ3) is 2.86. The summed E-state index contributed by atoms with van der Waals surface area (Å²) in [4.78, 5) is 26.6. The number of amides is 2. The summed E-state index contributed by atoms with van der Waals surface area (Å²) in [6.45, 7) is 1.45. The maximum absolute atomic E-state index is 13.4. The summed E-state index contributed by atoms with van der Waals surface area (Å²) in [6.07, 6.45) is 3.70. The maximum Gasteiger partial charge on any atom is 0.259 e. The molecule has 0 bridgehead atoms. The quantitative estimate of drug-likeness (QED) is 0.463. The lowest BCUT2D eigenvalue weighted by Gasteiger charge is -2.24. The van der Waals surface area contributed by atoms with Crippen molar-refractivity contribution in [2.45, 2.75) is 19.4 Å². The first-order chi connectivity index (χ1) is 16.5. The fourth-order valence-corrected chi connectivity index (χ4v) is 5.64. The van der Waals surface area contributed by atoms with E-state index in [1.807, 2.05) is 54.2 Å². The van der Waals surface area contributed by atoms with Crippen LogP contribution < -0.4 is 15.8 Å². The molecule has 34 heavy (non-hydrogen) atoms. The summed E-state index contributed by atoms with van der Waals surface area (Å²) in [7, 11) is 3.56. The first-order valence-corrected chi connectivity index (χ1v) is 11.6. The summed E-state index contributed by atoms with van der Waals surface area (Å²) in [5.41, 5.74) is 11.6. The number of hydrogen-bond donors (Lipinski definition) is 2. The number of benzene rings is 2. The van der Waals surface area contributed by atoms with Gasteiger partial charge in [0, 0.05) is 58.4 Å². The Balaban J connectivity index is 1.69. The van der Waals surface area contributed by atoms with Crippen LogP contribution in [0.4, 0.5) is 0 Å². The molecule has 2 aromatic carbocycles. The van der Waals surface area contributed by atoms with Gasteiger partial charge >= 0.3 is 0 Å². The zero-order chi connectivity index (χ0) is 23.6. The van der Waals surface area contributed by atoms with Gasteiger partial charge in [0.2, 0.25) is 0 Å². The van der Waals surface area contributed by atoms with Gasteiger partial charge in [-0.25, -0.2) is 0 Å². The van der Waals surface area contributed by atoms with Crippen LogP contribution in [-0.4, -0.2) is 34.6 Å². The topological polar surface area (TPSA) is 91.3 Å². The molecule has 0 saturated carbocycles. The highest BCUT2D eigenvalue weighted by Crippen LogP contribution is 2.43. The average molecular weight is 455 g/mol. The lowest BCUT2D eigenvalue weighted by atomic mass is 9.89. The van der Waals surface area contributed by atoms with E-state index >= 15 is 0 Å². The number of rotatable bonds is 4. The minimum absolute atomic E-state index is 0.349. The molecule has 0 spiro atoms. The number of carbonyl (C=O) groups excluding carboxylic acids is 2. The summed E-state index contributed by atoms with van der Waals surface area (Å²) in [6, 6.07) is 13.9. The highest BCUT2D eigenvalue weighted by Gasteiger charge is 2.38. The zero-order valence-electron chi connectivity index (χ0n) is 19.2. The molecule has 0 radical (unpaired) electrons. The number of methoxy groups -OCH3 is 1. The Hall–Kier alpha value is -3.84. The van der Waals surface area contributed by atoms with Crippen molar-refractivity contribution < 1.29 is 14.3 Å². The van der Waals surface area contributed by atoms with Crippen LogP contribution in [0.1, 0.15) is 23.2 Å². The molecule has 0 saturated heterocycles. The Morgan fingerprint density at radius 2 is 1.85 bits per heavy atom. The minimum atomic E-state index is -0.370. The standard InChI is InChI=1S/C27H26N4O3/c1-30-14-19(18-12-16(34-2)7-8-20(18)30)24-25(27(33)29-26(24)32)23-17-5-3-4-6-21(17)31-10-9-15(13-28)11-22(23)31/h3-8,12,14-15H,9-11,13,28H2,1-2H3,(H,29,32,33). The SMILES string of the molecule is COc1ccc2c(c1)c(C1=C(c3c4n(c5ccccc35)CCC(CN)C4)C(=O)NC1=O)cn2C. The second-order valence-electron chi connectivity index (χ2n) is 9.16. The Morgan fingerprint density at radius 3 is 2.65 bits per heavy atom. The van der Waals surface area contributed by atoms with Gasteiger partial charge < -0.3 is 19.6 Å². The lowest BCUT2D eigenvalue weighted by molar-refractivity contribution is -0.122. The molecular weight excluding hydrogens is 428 g/mol. The average Bonchev–Trinajstić information content (AvgIpc) is 3.45. The van der Waals surface area contributed by atoms with Crippen LogP contribution in [0.15, 0.2) is 48.7 Å². The van der Waals surface area contributed by atoms with Gasteiger partial charge in [0.25, 0.3) is 11.8 Å². The van der Waals surface area contributed by atoms with E-state index in [1.54, 1.807) is 7.11 Å². The molecule has 4 aromatic rings. The smallest absolute Gasteiger partial charge is 0.259 e. The molecule has 1 unspecified atom stereocenters. The van der Waals surface area contributed by atoms with Crippen molar-refractivity contribution in [2.75, 3.05) is 13.7 Å². The first-order valence-electron chi connectivity index (χ1n) is 11.6. The van der Waals surface area contributed by atoms with E-state index in [9.17, 15) is 9.59 Å². The molecule has 6 rings (SSSR count). The van der Waals surface area contributed by atoms with E-state index in [0.29, 0.717) is 29.4 Å². The third-order valence-corrected chi connectivity index (χ3v) is 7.30. The minimum Gasteiger partial charge on any atom is -0.497 e. The molecule has 7 nitrogen and oxygen atoms in total. The van der Waals surface area contributed by atoms with Gasteiger partial charge in [0.1, 0.15) is 5.75 Å². The van der Waals surface area contributed by atoms with Crippen molar-refractivity contribution in [3.8, 4) is 5.75 Å². The second kappa shape index (κ2) is 7.60. The van der Waals surface area contributed by atoms with Gasteiger partial charge in [-0.1, -0.05) is 18.2 Å². The molecule has 2 aliphatic rings. The summed E-state index contributed by atoms with van der Waals surface area (Å²) < 4.78 is 9.71. The van der Waals surface area contributed by atoms with Crippen LogP contribution in [0.25, 0.3) is 33.0 Å². The van der Waals surface area contributed by atoms with Gasteiger partial charge in [-0.15, -0.1) is 0 Å². The van der Waals surface area contributed by atoms with Gasteiger partial charge in [-0.3, -0.25) is 14.9 Å². The fourth-order valence-electron chi connectivity index (χ4n) is 5.64. The molecule has 0 aliphatic carbocycles. The Labute approximate surface area is 196 Å². The predicted molar refractivity (Wildman–Crippen MR) is 132 cm³/mol. The number of aryl methyl sites for hydroxylation is 2. The fraction of sp³-hybridized carbons (Fsp3) is 0.259. The Bertz CT molecular complexity index is 1540. The first kappa shape index (κ1) is 20.7. The van der Waals surface area contributed by atoms with E-state index in [1.165, 1.54) is 0 Å². The number of hydrogen-bond acceptors (Lipinski definition) is 4. The number of carbonyl (C=O) groups is 2. The predicted octanol–water partition coefficient (Wildman–Crippen LogP) is 3.23. The number of nitrogens with two attached hydrogens (primary N) is 1. The summed E-state index contributed by atoms with van der Waals surface area (Å²) in [5, 5.41) is 4.44. The number of imide groups is 1. The van der Waals surface area contributed by atoms with Gasteiger partial charge in [-0.05, 0) is 49.6 Å². The van der Waals surface area contributed by atoms with E-state index < -0.39 is 0 Å². The largest absolute Gasteiger partial charge is 0.497 e. The van der Waals surface area contributed by atoms with Gasteiger partial charge in [0.05, 0.1) is 18.3 Å². The highest BCUT2D eigenvalue weighted by atomic mass is 16.5. The van der Waals surface area contributed by atoms with Crippen molar-refractivity contribution in [1.82, 2.24) is 14.5 Å². The van der Waals surface area contributed by atoms with E-state index in [2.05, 4.69) is 16.0 Å². The summed E-state index contributed by atoms with van der Waals surface area (Å²) >= 11 is 0. The molecule has 3 N–H and O–H groups in total. The van der Waals surface area contributed by atoms with E-state index in [0.717, 1.165) is 58.0 Å². The van der Waals surface area contributed by atoms with Crippen LogP contribution in [0, 0.1) is 5.92 Å². The molecule has 4 heterocycles. The number of aromatic nitrogens is 2. The molecule has 172 valence electrons. The molecule has 7 heteroatoms. The number of nitrogens with one attached hydrogen (secondary N) is 1. The maximum atomic E-state index is 13.4. The van der Waals surface area contributed by atoms with Gasteiger partial charge in [-0.2, -0.15) is 0 Å². The van der Waals surface area contributed by atoms with Crippen molar-refractivity contribution in [2.24, 2.45) is 18.7 Å². The van der Waals surface area contributed by atoms with E-state index in [4.69, 9.17) is 10.5 Å². The van der Waals surface area contributed by atoms with Crippen LogP contribution >= 0.6 is 0 Å². The van der Waals surface area contributed by atoms with Crippen molar-refractivity contribution in [3.63, 3.8) is 0 Å². The third-order valence-electron chi connectivity index (χ3n) is 7.30. The lowest BCUT2D eigenvalue weighted by Crippen LogP contribution is -2.26. The molecule has 2 aromatic heterocycles.